The number of hydrogen-bond donors (Lipinski definition) is 1. The first-order valence-corrected chi connectivity index (χ1v) is 12.0. The number of alkyl halides is 3. The summed E-state index contributed by atoms with van der Waals surface area (Å²) in [4.78, 5) is 26.1. The molecule has 11 heteroatoms. The molecule has 3 heterocycles. The predicted molar refractivity (Wildman–Crippen MR) is 129 cm³/mol. The molecule has 3 aromatic rings. The van der Waals surface area contributed by atoms with Gasteiger partial charge < -0.3 is 19.9 Å². The molecule has 0 aliphatic carbocycles. The monoisotopic (exact) mass is 515 g/mol. The van der Waals surface area contributed by atoms with Gasteiger partial charge in [0.1, 0.15) is 17.5 Å². The number of aromatic nitrogens is 2. The molecular weight excluding hydrogens is 490 g/mol. The summed E-state index contributed by atoms with van der Waals surface area (Å²) in [6, 6.07) is 10.5. The van der Waals surface area contributed by atoms with E-state index in [4.69, 9.17) is 14.7 Å². The van der Waals surface area contributed by atoms with Crippen LogP contribution in [0, 0.1) is 5.82 Å². The van der Waals surface area contributed by atoms with Crippen LogP contribution in [0.1, 0.15) is 28.2 Å². The Hall–Kier alpha value is -3.73. The Balaban J connectivity index is 1.42. The maximum atomic E-state index is 13.7. The number of morpholine rings is 1. The number of amides is 2. The molecule has 2 amide bonds. The Kier molecular flexibility index (Phi) is 6.96. The SMILES string of the molecule is O=C(Nc1ccccc1C(F)(F)F)N1CCc2nc(Cc3cccc(F)c3)nc(N3CCOCC3)c2C1. The van der Waals surface area contributed by atoms with Gasteiger partial charge in [-0.3, -0.25) is 0 Å². The number of halogens is 4. The maximum Gasteiger partial charge on any atom is 0.418 e. The van der Waals surface area contributed by atoms with Crippen LogP contribution >= 0.6 is 0 Å². The van der Waals surface area contributed by atoms with E-state index in [-0.39, 0.29) is 24.6 Å². The zero-order chi connectivity index (χ0) is 26.0. The molecule has 1 fully saturated rings. The highest BCUT2D eigenvalue weighted by Crippen LogP contribution is 2.35. The number of nitrogens with zero attached hydrogens (tertiary/aromatic N) is 4. The van der Waals surface area contributed by atoms with Crippen LogP contribution in [0.5, 0.6) is 0 Å². The number of benzene rings is 2. The number of urea groups is 1. The summed E-state index contributed by atoms with van der Waals surface area (Å²) in [6.07, 6.45) is -3.83. The number of ether oxygens (including phenoxy) is 1. The van der Waals surface area contributed by atoms with Crippen LogP contribution in [0.4, 0.5) is 33.9 Å². The third-order valence-corrected chi connectivity index (χ3v) is 6.41. The first kappa shape index (κ1) is 24.9. The van der Waals surface area contributed by atoms with Gasteiger partial charge in [-0.1, -0.05) is 24.3 Å². The Morgan fingerprint density at radius 2 is 1.81 bits per heavy atom. The quantitative estimate of drug-likeness (QED) is 0.513. The molecule has 37 heavy (non-hydrogen) atoms. The van der Waals surface area contributed by atoms with Crippen molar-refractivity contribution in [3.05, 3.63) is 82.6 Å². The number of nitrogens with one attached hydrogen (secondary N) is 1. The van der Waals surface area contributed by atoms with Gasteiger partial charge in [-0.15, -0.1) is 0 Å². The van der Waals surface area contributed by atoms with Crippen molar-refractivity contribution in [2.75, 3.05) is 43.1 Å². The molecule has 0 bridgehead atoms. The maximum absolute atomic E-state index is 13.7. The Bertz CT molecular complexity index is 1290. The van der Waals surface area contributed by atoms with E-state index in [0.717, 1.165) is 22.9 Å². The topological polar surface area (TPSA) is 70.6 Å². The fraction of sp³-hybridized carbons (Fsp3) is 0.346. The molecule has 0 unspecified atom stereocenters. The van der Waals surface area contributed by atoms with Crippen molar-refractivity contribution in [3.8, 4) is 0 Å². The Morgan fingerprint density at radius 3 is 2.57 bits per heavy atom. The van der Waals surface area contributed by atoms with E-state index >= 15 is 0 Å². The predicted octanol–water partition coefficient (Wildman–Crippen LogP) is 4.65. The van der Waals surface area contributed by atoms with Crippen LogP contribution in [0.3, 0.4) is 0 Å². The van der Waals surface area contributed by atoms with E-state index in [1.807, 2.05) is 6.07 Å². The van der Waals surface area contributed by atoms with Crippen molar-refractivity contribution in [3.63, 3.8) is 0 Å². The fourth-order valence-corrected chi connectivity index (χ4v) is 4.60. The molecule has 1 aromatic heterocycles. The van der Waals surface area contributed by atoms with E-state index in [2.05, 4.69) is 10.2 Å². The van der Waals surface area contributed by atoms with Gasteiger partial charge in [-0.25, -0.2) is 19.2 Å². The third kappa shape index (κ3) is 5.66. The molecule has 0 radical (unpaired) electrons. The lowest BCUT2D eigenvalue weighted by molar-refractivity contribution is -0.136. The Morgan fingerprint density at radius 1 is 1.03 bits per heavy atom. The number of anilines is 2. The first-order valence-electron chi connectivity index (χ1n) is 12.0. The molecule has 194 valence electrons. The highest BCUT2D eigenvalue weighted by Gasteiger charge is 2.34. The smallest absolute Gasteiger partial charge is 0.378 e. The number of hydrogen-bond acceptors (Lipinski definition) is 5. The summed E-state index contributed by atoms with van der Waals surface area (Å²) in [5.74, 6) is 0.883. The van der Waals surface area contributed by atoms with Crippen molar-refractivity contribution < 1.29 is 27.1 Å². The highest BCUT2D eigenvalue weighted by atomic mass is 19.4. The second kappa shape index (κ2) is 10.3. The summed E-state index contributed by atoms with van der Waals surface area (Å²) in [5.41, 5.74) is 1.09. The van der Waals surface area contributed by atoms with Crippen molar-refractivity contribution in [2.45, 2.75) is 25.6 Å². The van der Waals surface area contributed by atoms with Crippen molar-refractivity contribution in [1.29, 1.82) is 0 Å². The standard InChI is InChI=1S/C26H25F4N5O2/c27-18-5-3-4-17(14-18)15-23-31-21-8-9-35(16-19(21)24(33-23)34-10-12-37-13-11-34)25(36)32-22-7-2-1-6-20(22)26(28,29)30/h1-7,14H,8-13,15-16H2,(H,32,36). The molecular formula is C26H25F4N5O2. The molecule has 1 saturated heterocycles. The van der Waals surface area contributed by atoms with Crippen molar-refractivity contribution in [1.82, 2.24) is 14.9 Å². The minimum atomic E-state index is -4.59. The minimum absolute atomic E-state index is 0.155. The second-order valence-electron chi connectivity index (χ2n) is 8.94. The fourth-order valence-electron chi connectivity index (χ4n) is 4.60. The van der Waals surface area contributed by atoms with Crippen LogP contribution in [0.25, 0.3) is 0 Å². The van der Waals surface area contributed by atoms with E-state index in [0.29, 0.717) is 50.8 Å². The van der Waals surface area contributed by atoms with Crippen molar-refractivity contribution in [2.24, 2.45) is 0 Å². The summed E-state index contributed by atoms with van der Waals surface area (Å²) >= 11 is 0. The third-order valence-electron chi connectivity index (χ3n) is 6.41. The molecule has 0 atom stereocenters. The van der Waals surface area contributed by atoms with Gasteiger partial charge in [0.2, 0.25) is 0 Å². The lowest BCUT2D eigenvalue weighted by Gasteiger charge is -2.34. The molecule has 2 aromatic carbocycles. The van der Waals surface area contributed by atoms with Crippen LogP contribution < -0.4 is 10.2 Å². The average molecular weight is 516 g/mol. The Labute approximate surface area is 211 Å². The molecule has 7 nitrogen and oxygen atoms in total. The van der Waals surface area contributed by atoms with Crippen LogP contribution in [-0.2, 0) is 30.3 Å². The average Bonchev–Trinajstić information content (AvgIpc) is 2.88. The van der Waals surface area contributed by atoms with Gasteiger partial charge >= 0.3 is 12.2 Å². The number of fused-ring (bicyclic) bond motifs is 1. The largest absolute Gasteiger partial charge is 0.418 e. The second-order valence-corrected chi connectivity index (χ2v) is 8.94. The summed E-state index contributed by atoms with van der Waals surface area (Å²) in [6.45, 7) is 2.70. The molecule has 0 spiro atoms. The highest BCUT2D eigenvalue weighted by molar-refractivity contribution is 5.90. The number of carbonyl (C=O) groups excluding carboxylic acids is 1. The molecule has 0 saturated carbocycles. The van der Waals surface area contributed by atoms with Gasteiger partial charge in [0.15, 0.2) is 0 Å². The summed E-state index contributed by atoms with van der Waals surface area (Å²) in [5, 5.41) is 2.42. The number of rotatable bonds is 4. The molecule has 1 N–H and O–H groups in total. The van der Waals surface area contributed by atoms with Crippen LogP contribution in [0.15, 0.2) is 48.5 Å². The van der Waals surface area contributed by atoms with Gasteiger partial charge in [-0.2, -0.15) is 13.2 Å². The van der Waals surface area contributed by atoms with Gasteiger partial charge in [0.05, 0.1) is 36.7 Å². The molecule has 5 rings (SSSR count). The van der Waals surface area contributed by atoms with Crippen LogP contribution in [-0.4, -0.2) is 53.7 Å². The number of carbonyl (C=O) groups is 1. The number of para-hydroxylation sites is 1. The normalized spacial score (nSPS) is 15.9. The first-order chi connectivity index (χ1) is 17.8. The lowest BCUT2D eigenvalue weighted by Crippen LogP contribution is -2.42. The van der Waals surface area contributed by atoms with Gasteiger partial charge in [0.25, 0.3) is 0 Å². The molecule has 2 aliphatic heterocycles. The van der Waals surface area contributed by atoms with Gasteiger partial charge in [-0.05, 0) is 29.8 Å². The summed E-state index contributed by atoms with van der Waals surface area (Å²) in [7, 11) is 0. The lowest BCUT2D eigenvalue weighted by atomic mass is 10.0. The summed E-state index contributed by atoms with van der Waals surface area (Å²) < 4.78 is 59.4. The van der Waals surface area contributed by atoms with E-state index in [1.165, 1.54) is 35.2 Å². The van der Waals surface area contributed by atoms with Crippen LogP contribution in [0.2, 0.25) is 0 Å². The molecule has 2 aliphatic rings. The van der Waals surface area contributed by atoms with Crippen molar-refractivity contribution >= 4 is 17.5 Å². The van der Waals surface area contributed by atoms with E-state index in [9.17, 15) is 22.4 Å². The minimum Gasteiger partial charge on any atom is -0.378 e. The zero-order valence-corrected chi connectivity index (χ0v) is 19.9. The zero-order valence-electron chi connectivity index (χ0n) is 19.9. The van der Waals surface area contributed by atoms with Gasteiger partial charge in [0, 0.05) is 38.0 Å². The van der Waals surface area contributed by atoms with E-state index in [1.54, 1.807) is 6.07 Å². The van der Waals surface area contributed by atoms with E-state index < -0.39 is 17.8 Å².